The SMILES string of the molecule is CC(=O)NCc1ccc(NC(=O)N2c3nc(-c4cccc(C)c4)ccc3N3CCC[C@H]2C3)cc1. The molecule has 2 aliphatic heterocycles. The molecular formula is C27H29N5O2. The first-order valence-electron chi connectivity index (χ1n) is 11.7. The highest BCUT2D eigenvalue weighted by Crippen LogP contribution is 2.39. The van der Waals surface area contributed by atoms with Gasteiger partial charge in [-0.3, -0.25) is 9.69 Å². The van der Waals surface area contributed by atoms with E-state index in [9.17, 15) is 9.59 Å². The number of carbonyl (C=O) groups is 2. The second-order valence-electron chi connectivity index (χ2n) is 9.06. The van der Waals surface area contributed by atoms with E-state index in [0.29, 0.717) is 12.2 Å². The Hall–Kier alpha value is -3.87. The highest BCUT2D eigenvalue weighted by molar-refractivity contribution is 6.04. The molecule has 1 saturated heterocycles. The Kier molecular flexibility index (Phi) is 5.92. The monoisotopic (exact) mass is 455 g/mol. The molecule has 2 N–H and O–H groups in total. The lowest BCUT2D eigenvalue weighted by atomic mass is 9.99. The van der Waals surface area contributed by atoms with E-state index in [1.807, 2.05) is 41.3 Å². The largest absolute Gasteiger partial charge is 0.366 e. The number of nitrogens with zero attached hydrogens (tertiary/aromatic N) is 3. The Balaban J connectivity index is 1.43. The minimum absolute atomic E-state index is 0.0693. The number of pyridine rings is 1. The molecule has 174 valence electrons. The van der Waals surface area contributed by atoms with Crippen LogP contribution in [-0.4, -0.2) is 36.1 Å². The van der Waals surface area contributed by atoms with Gasteiger partial charge < -0.3 is 15.5 Å². The van der Waals surface area contributed by atoms with E-state index in [-0.39, 0.29) is 18.0 Å². The Labute approximate surface area is 199 Å². The summed E-state index contributed by atoms with van der Waals surface area (Å²) in [6, 6.07) is 19.9. The molecule has 7 heteroatoms. The van der Waals surface area contributed by atoms with Gasteiger partial charge in [0, 0.05) is 37.8 Å². The summed E-state index contributed by atoms with van der Waals surface area (Å²) in [5.74, 6) is 0.648. The van der Waals surface area contributed by atoms with E-state index >= 15 is 0 Å². The molecule has 3 heterocycles. The van der Waals surface area contributed by atoms with Gasteiger partial charge in [-0.25, -0.2) is 9.78 Å². The van der Waals surface area contributed by atoms with Gasteiger partial charge in [0.15, 0.2) is 5.82 Å². The number of urea groups is 1. The van der Waals surface area contributed by atoms with Gasteiger partial charge in [0.2, 0.25) is 5.91 Å². The van der Waals surface area contributed by atoms with Crippen LogP contribution in [-0.2, 0) is 11.3 Å². The minimum Gasteiger partial charge on any atom is -0.366 e. The Bertz CT molecular complexity index is 1220. The summed E-state index contributed by atoms with van der Waals surface area (Å²) in [5, 5.41) is 5.84. The van der Waals surface area contributed by atoms with Crippen molar-refractivity contribution in [3.05, 3.63) is 71.8 Å². The Morgan fingerprint density at radius 2 is 1.91 bits per heavy atom. The molecule has 0 saturated carbocycles. The number of carbonyl (C=O) groups excluding carboxylic acids is 2. The van der Waals surface area contributed by atoms with E-state index in [4.69, 9.17) is 4.98 Å². The highest BCUT2D eigenvalue weighted by atomic mass is 16.2. The fraction of sp³-hybridized carbons (Fsp3) is 0.296. The highest BCUT2D eigenvalue weighted by Gasteiger charge is 2.38. The molecule has 0 unspecified atom stereocenters. The lowest BCUT2D eigenvalue weighted by Gasteiger charge is -2.45. The summed E-state index contributed by atoms with van der Waals surface area (Å²) in [5.41, 5.74) is 5.78. The molecule has 1 atom stereocenters. The fourth-order valence-corrected chi connectivity index (χ4v) is 4.77. The minimum atomic E-state index is -0.170. The van der Waals surface area contributed by atoms with E-state index < -0.39 is 0 Å². The van der Waals surface area contributed by atoms with Crippen molar-refractivity contribution < 1.29 is 9.59 Å². The molecule has 0 spiro atoms. The molecule has 2 aromatic carbocycles. The van der Waals surface area contributed by atoms with Crippen molar-refractivity contribution in [3.8, 4) is 11.3 Å². The molecular weight excluding hydrogens is 426 g/mol. The second-order valence-corrected chi connectivity index (χ2v) is 9.06. The third-order valence-electron chi connectivity index (χ3n) is 6.46. The lowest BCUT2D eigenvalue weighted by Crippen LogP contribution is -2.56. The van der Waals surface area contributed by atoms with Crippen LogP contribution < -0.4 is 20.4 Å². The van der Waals surface area contributed by atoms with E-state index in [1.54, 1.807) is 0 Å². The van der Waals surface area contributed by atoms with Crippen LogP contribution in [0, 0.1) is 6.92 Å². The van der Waals surface area contributed by atoms with Gasteiger partial charge in [-0.1, -0.05) is 35.9 Å². The van der Waals surface area contributed by atoms with E-state index in [0.717, 1.165) is 54.3 Å². The van der Waals surface area contributed by atoms with Gasteiger partial charge in [0.05, 0.1) is 17.4 Å². The predicted molar refractivity (Wildman–Crippen MR) is 135 cm³/mol. The number of hydrogen-bond acceptors (Lipinski definition) is 4. The zero-order valence-electron chi connectivity index (χ0n) is 19.5. The normalized spacial score (nSPS) is 16.6. The van der Waals surface area contributed by atoms with Gasteiger partial charge in [-0.05, 0) is 55.7 Å². The molecule has 0 aliphatic carbocycles. The van der Waals surface area contributed by atoms with Crippen LogP contribution in [0.1, 0.15) is 30.9 Å². The number of amides is 3. The summed E-state index contributed by atoms with van der Waals surface area (Å²) in [6.45, 7) is 5.84. The maximum absolute atomic E-state index is 13.5. The molecule has 5 rings (SSSR count). The van der Waals surface area contributed by atoms with Crippen molar-refractivity contribution >= 4 is 29.1 Å². The summed E-state index contributed by atoms with van der Waals surface area (Å²) >= 11 is 0. The number of aryl methyl sites for hydroxylation is 1. The van der Waals surface area contributed by atoms with E-state index in [1.165, 1.54) is 12.5 Å². The number of rotatable bonds is 4. The molecule has 2 aliphatic rings. The van der Waals surface area contributed by atoms with Crippen LogP contribution in [0.5, 0.6) is 0 Å². The quantitative estimate of drug-likeness (QED) is 0.597. The third-order valence-corrected chi connectivity index (χ3v) is 6.46. The van der Waals surface area contributed by atoms with Crippen molar-refractivity contribution in [2.24, 2.45) is 0 Å². The number of hydrogen-bond donors (Lipinski definition) is 2. The summed E-state index contributed by atoms with van der Waals surface area (Å²) in [6.07, 6.45) is 2.00. The number of piperidine rings is 1. The van der Waals surface area contributed by atoms with Gasteiger partial charge in [-0.2, -0.15) is 0 Å². The predicted octanol–water partition coefficient (Wildman–Crippen LogP) is 4.71. The smallest absolute Gasteiger partial charge is 0.327 e. The molecule has 3 amide bonds. The van der Waals surface area contributed by atoms with Gasteiger partial charge in [0.1, 0.15) is 0 Å². The molecule has 3 aromatic rings. The number of anilines is 3. The summed E-state index contributed by atoms with van der Waals surface area (Å²) < 4.78 is 0. The zero-order chi connectivity index (χ0) is 23.7. The zero-order valence-corrected chi connectivity index (χ0v) is 19.5. The van der Waals surface area contributed by atoms with Crippen molar-refractivity contribution in [1.82, 2.24) is 10.3 Å². The Morgan fingerprint density at radius 1 is 1.09 bits per heavy atom. The first kappa shape index (κ1) is 21.9. The van der Waals surface area contributed by atoms with Crippen LogP contribution in [0.2, 0.25) is 0 Å². The topological polar surface area (TPSA) is 77.6 Å². The molecule has 0 radical (unpaired) electrons. The summed E-state index contributed by atoms with van der Waals surface area (Å²) in [4.78, 5) is 33.8. The standard InChI is InChI=1S/C27H29N5O2/c1-18-5-3-6-21(15-18)24-12-13-25-26(30-24)32(23-7-4-14-31(25)17-23)27(34)29-22-10-8-20(9-11-22)16-28-19(2)33/h3,5-6,8-13,15,23H,4,7,14,16-17H2,1-2H3,(H,28,33)(H,29,34)/t23-/m0/s1. The molecule has 1 fully saturated rings. The van der Waals surface area contributed by atoms with Crippen LogP contribution in [0.25, 0.3) is 11.3 Å². The maximum atomic E-state index is 13.5. The first-order chi connectivity index (χ1) is 16.5. The van der Waals surface area contributed by atoms with Crippen molar-refractivity contribution in [3.63, 3.8) is 0 Å². The van der Waals surface area contributed by atoms with Crippen molar-refractivity contribution in [2.45, 2.75) is 39.3 Å². The average molecular weight is 456 g/mol. The number of benzene rings is 2. The summed E-state index contributed by atoms with van der Waals surface area (Å²) in [7, 11) is 0. The number of nitrogens with one attached hydrogen (secondary N) is 2. The van der Waals surface area contributed by atoms with Crippen LogP contribution in [0.15, 0.2) is 60.7 Å². The van der Waals surface area contributed by atoms with Crippen LogP contribution in [0.4, 0.5) is 22.0 Å². The molecule has 7 nitrogen and oxygen atoms in total. The third kappa shape index (κ3) is 4.46. The van der Waals surface area contributed by atoms with Gasteiger partial charge >= 0.3 is 6.03 Å². The number of aromatic nitrogens is 1. The van der Waals surface area contributed by atoms with Gasteiger partial charge in [-0.15, -0.1) is 0 Å². The average Bonchev–Trinajstić information content (AvgIpc) is 2.83. The van der Waals surface area contributed by atoms with Crippen LogP contribution >= 0.6 is 0 Å². The first-order valence-corrected chi connectivity index (χ1v) is 11.7. The van der Waals surface area contributed by atoms with Crippen LogP contribution in [0.3, 0.4) is 0 Å². The molecule has 34 heavy (non-hydrogen) atoms. The van der Waals surface area contributed by atoms with Gasteiger partial charge in [0.25, 0.3) is 0 Å². The second kappa shape index (κ2) is 9.17. The fourth-order valence-electron chi connectivity index (χ4n) is 4.77. The Morgan fingerprint density at radius 3 is 2.68 bits per heavy atom. The van der Waals surface area contributed by atoms with E-state index in [2.05, 4.69) is 46.7 Å². The lowest BCUT2D eigenvalue weighted by molar-refractivity contribution is -0.119. The van der Waals surface area contributed by atoms with Crippen molar-refractivity contribution in [1.29, 1.82) is 0 Å². The number of fused-ring (bicyclic) bond motifs is 4. The molecule has 2 bridgehead atoms. The maximum Gasteiger partial charge on any atom is 0.327 e. The molecule has 1 aromatic heterocycles. The van der Waals surface area contributed by atoms with Crippen molar-refractivity contribution in [2.75, 3.05) is 28.2 Å².